The van der Waals surface area contributed by atoms with E-state index in [4.69, 9.17) is 5.73 Å². The summed E-state index contributed by atoms with van der Waals surface area (Å²) >= 11 is 0.914. The van der Waals surface area contributed by atoms with Gasteiger partial charge in [-0.3, -0.25) is 4.98 Å². The zero-order valence-corrected chi connectivity index (χ0v) is 11.1. The lowest BCUT2D eigenvalue weighted by molar-refractivity contribution is 0.535. The van der Waals surface area contributed by atoms with Crippen molar-refractivity contribution in [3.63, 3.8) is 0 Å². The summed E-state index contributed by atoms with van der Waals surface area (Å²) in [5.41, 5.74) is 6.17. The predicted octanol–water partition coefficient (Wildman–Crippen LogP) is 2.80. The van der Waals surface area contributed by atoms with Crippen molar-refractivity contribution in [2.24, 2.45) is 5.73 Å². The van der Waals surface area contributed by atoms with Crippen LogP contribution >= 0.6 is 11.8 Å². The highest BCUT2D eigenvalue weighted by Gasteiger charge is 2.14. The molecule has 1 aromatic heterocycles. The fraction of sp³-hybridized carbons (Fsp3) is 0.231. The van der Waals surface area contributed by atoms with Gasteiger partial charge in [-0.05, 0) is 31.0 Å². The zero-order valence-electron chi connectivity index (χ0n) is 10.3. The summed E-state index contributed by atoms with van der Waals surface area (Å²) in [6.45, 7) is 1.79. The first-order valence-electron chi connectivity index (χ1n) is 5.73. The van der Waals surface area contributed by atoms with E-state index in [0.717, 1.165) is 11.8 Å². The maximum absolute atomic E-state index is 13.9. The standard InChI is InChI=1S/C13H13F2N3S/c1-8(16)4-9-5-10(14)13(11(15)6-9)19-12-7-17-2-3-18-12/h2-3,5-8H,4,16H2,1H3. The molecule has 0 saturated heterocycles. The van der Waals surface area contributed by atoms with E-state index in [1.165, 1.54) is 30.7 Å². The van der Waals surface area contributed by atoms with Gasteiger partial charge in [0.15, 0.2) is 0 Å². The first-order chi connectivity index (χ1) is 9.06. The molecule has 3 nitrogen and oxygen atoms in total. The molecule has 1 aromatic carbocycles. The van der Waals surface area contributed by atoms with E-state index < -0.39 is 11.6 Å². The third kappa shape index (κ3) is 3.71. The van der Waals surface area contributed by atoms with Gasteiger partial charge >= 0.3 is 0 Å². The Hall–Kier alpha value is -1.53. The van der Waals surface area contributed by atoms with Crippen molar-refractivity contribution in [3.8, 4) is 0 Å². The van der Waals surface area contributed by atoms with E-state index in [0.29, 0.717) is 17.0 Å². The Morgan fingerprint density at radius 2 is 1.95 bits per heavy atom. The normalized spacial score (nSPS) is 12.4. The summed E-state index contributed by atoms with van der Waals surface area (Å²) in [6.07, 6.45) is 4.87. The van der Waals surface area contributed by atoms with Crippen LogP contribution in [0.4, 0.5) is 8.78 Å². The molecule has 1 atom stereocenters. The molecule has 0 aliphatic carbocycles. The van der Waals surface area contributed by atoms with E-state index in [1.54, 1.807) is 6.92 Å². The third-order valence-electron chi connectivity index (χ3n) is 2.36. The molecule has 0 fully saturated rings. The van der Waals surface area contributed by atoms with Crippen LogP contribution in [0.5, 0.6) is 0 Å². The molecule has 2 N–H and O–H groups in total. The van der Waals surface area contributed by atoms with Gasteiger partial charge in [0, 0.05) is 18.4 Å². The first-order valence-corrected chi connectivity index (χ1v) is 6.55. The summed E-state index contributed by atoms with van der Waals surface area (Å²) in [5, 5.41) is 0.445. The summed E-state index contributed by atoms with van der Waals surface area (Å²) in [7, 11) is 0. The third-order valence-corrected chi connectivity index (χ3v) is 3.38. The molecule has 1 heterocycles. The van der Waals surface area contributed by atoms with Crippen molar-refractivity contribution in [3.05, 3.63) is 47.9 Å². The number of hydrogen-bond donors (Lipinski definition) is 1. The Morgan fingerprint density at radius 3 is 2.47 bits per heavy atom. The summed E-state index contributed by atoms with van der Waals surface area (Å²) < 4.78 is 27.8. The average molecular weight is 281 g/mol. The highest BCUT2D eigenvalue weighted by Crippen LogP contribution is 2.31. The number of nitrogens with two attached hydrogens (primary N) is 1. The van der Waals surface area contributed by atoms with Crippen LogP contribution in [-0.2, 0) is 6.42 Å². The molecule has 0 amide bonds. The molecule has 0 aliphatic rings. The minimum absolute atomic E-state index is 0.0751. The van der Waals surface area contributed by atoms with E-state index >= 15 is 0 Å². The van der Waals surface area contributed by atoms with Gasteiger partial charge in [-0.2, -0.15) is 0 Å². The van der Waals surface area contributed by atoms with Crippen LogP contribution in [0, 0.1) is 11.6 Å². The molecule has 6 heteroatoms. The van der Waals surface area contributed by atoms with Gasteiger partial charge in [-0.1, -0.05) is 11.8 Å². The topological polar surface area (TPSA) is 51.8 Å². The van der Waals surface area contributed by atoms with Gasteiger partial charge in [-0.15, -0.1) is 0 Å². The van der Waals surface area contributed by atoms with Gasteiger partial charge < -0.3 is 5.73 Å². The molecular weight excluding hydrogens is 268 g/mol. The zero-order chi connectivity index (χ0) is 13.8. The quantitative estimate of drug-likeness (QED) is 0.936. The minimum Gasteiger partial charge on any atom is -0.328 e. The maximum Gasteiger partial charge on any atom is 0.140 e. The molecule has 2 rings (SSSR count). The minimum atomic E-state index is -0.605. The Labute approximate surface area is 114 Å². The lowest BCUT2D eigenvalue weighted by Crippen LogP contribution is -2.18. The molecule has 0 saturated carbocycles. The van der Waals surface area contributed by atoms with Crippen molar-refractivity contribution < 1.29 is 8.78 Å². The van der Waals surface area contributed by atoms with Crippen LogP contribution in [0.25, 0.3) is 0 Å². The van der Waals surface area contributed by atoms with E-state index in [-0.39, 0.29) is 10.9 Å². The summed E-state index contributed by atoms with van der Waals surface area (Å²) in [4.78, 5) is 7.75. The van der Waals surface area contributed by atoms with Crippen LogP contribution in [0.3, 0.4) is 0 Å². The Kier molecular flexibility index (Phi) is 4.44. The van der Waals surface area contributed by atoms with Crippen molar-refractivity contribution in [2.45, 2.75) is 29.3 Å². The summed E-state index contributed by atoms with van der Waals surface area (Å²) in [6, 6.07) is 2.48. The molecule has 100 valence electrons. The van der Waals surface area contributed by atoms with Gasteiger partial charge in [0.2, 0.25) is 0 Å². The number of benzene rings is 1. The molecular formula is C13H13F2N3S. The Bertz CT molecular complexity index is 538. The van der Waals surface area contributed by atoms with Crippen molar-refractivity contribution in [1.82, 2.24) is 9.97 Å². The molecule has 0 radical (unpaired) electrons. The fourth-order valence-electron chi connectivity index (χ4n) is 1.64. The molecule has 0 spiro atoms. The van der Waals surface area contributed by atoms with Gasteiger partial charge in [0.1, 0.15) is 16.7 Å². The largest absolute Gasteiger partial charge is 0.328 e. The highest BCUT2D eigenvalue weighted by molar-refractivity contribution is 7.99. The van der Waals surface area contributed by atoms with E-state index in [1.807, 2.05) is 0 Å². The lowest BCUT2D eigenvalue weighted by atomic mass is 10.1. The van der Waals surface area contributed by atoms with Gasteiger partial charge in [0.25, 0.3) is 0 Å². The van der Waals surface area contributed by atoms with Crippen LogP contribution in [0.2, 0.25) is 0 Å². The predicted molar refractivity (Wildman–Crippen MR) is 69.9 cm³/mol. The lowest BCUT2D eigenvalue weighted by Gasteiger charge is -2.09. The second-order valence-electron chi connectivity index (χ2n) is 4.22. The number of hydrogen-bond acceptors (Lipinski definition) is 4. The number of nitrogens with zero attached hydrogens (tertiary/aromatic N) is 2. The Balaban J connectivity index is 2.27. The smallest absolute Gasteiger partial charge is 0.140 e. The van der Waals surface area contributed by atoms with Crippen LogP contribution in [-0.4, -0.2) is 16.0 Å². The molecule has 1 unspecified atom stereocenters. The second-order valence-corrected chi connectivity index (χ2v) is 5.25. The van der Waals surface area contributed by atoms with Gasteiger partial charge in [-0.25, -0.2) is 13.8 Å². The number of halogens is 2. The second kappa shape index (κ2) is 6.08. The monoisotopic (exact) mass is 281 g/mol. The molecule has 0 aliphatic heterocycles. The molecule has 19 heavy (non-hydrogen) atoms. The van der Waals surface area contributed by atoms with Crippen LogP contribution < -0.4 is 5.73 Å². The highest BCUT2D eigenvalue weighted by atomic mass is 32.2. The van der Waals surface area contributed by atoms with Crippen molar-refractivity contribution >= 4 is 11.8 Å². The van der Waals surface area contributed by atoms with E-state index in [2.05, 4.69) is 9.97 Å². The fourth-order valence-corrected chi connectivity index (χ4v) is 2.39. The van der Waals surface area contributed by atoms with Crippen molar-refractivity contribution in [1.29, 1.82) is 0 Å². The SMILES string of the molecule is CC(N)Cc1cc(F)c(Sc2cnccn2)c(F)c1. The van der Waals surface area contributed by atoms with Crippen LogP contribution in [0.1, 0.15) is 12.5 Å². The molecule has 2 aromatic rings. The summed E-state index contributed by atoms with van der Waals surface area (Å²) in [5.74, 6) is -1.21. The van der Waals surface area contributed by atoms with Crippen molar-refractivity contribution in [2.75, 3.05) is 0 Å². The average Bonchev–Trinajstić information content (AvgIpc) is 2.34. The Morgan fingerprint density at radius 1 is 1.26 bits per heavy atom. The van der Waals surface area contributed by atoms with E-state index in [9.17, 15) is 8.78 Å². The van der Waals surface area contributed by atoms with Crippen LogP contribution in [0.15, 0.2) is 40.6 Å². The van der Waals surface area contributed by atoms with Gasteiger partial charge in [0.05, 0.1) is 11.1 Å². The molecule has 0 bridgehead atoms. The maximum atomic E-state index is 13.9. The number of rotatable bonds is 4. The first kappa shape index (κ1) is 13.9. The number of aromatic nitrogens is 2.